The predicted molar refractivity (Wildman–Crippen MR) is 100 cm³/mol. The first-order chi connectivity index (χ1) is 13.3. The minimum absolute atomic E-state index is 0.227. The first kappa shape index (κ1) is 17.5. The summed E-state index contributed by atoms with van der Waals surface area (Å²) in [4.78, 5) is 11.1. The second kappa shape index (κ2) is 8.18. The van der Waals surface area contributed by atoms with Gasteiger partial charge in [-0.3, -0.25) is 0 Å². The lowest BCUT2D eigenvalue weighted by Crippen LogP contribution is -2.37. The van der Waals surface area contributed by atoms with E-state index in [1.165, 1.54) is 0 Å². The molecule has 1 N–H and O–H groups in total. The molecule has 4 rings (SSSR count). The molecule has 1 unspecified atom stereocenters. The van der Waals surface area contributed by atoms with Gasteiger partial charge in [0.2, 0.25) is 5.82 Å². The van der Waals surface area contributed by atoms with Crippen LogP contribution in [0, 0.1) is 5.92 Å². The summed E-state index contributed by atoms with van der Waals surface area (Å²) in [7, 11) is 0. The molecule has 0 aliphatic carbocycles. The number of piperidine rings is 1. The first-order valence-electron chi connectivity index (χ1n) is 9.14. The van der Waals surface area contributed by atoms with Crippen molar-refractivity contribution in [2.45, 2.75) is 19.4 Å². The molecule has 7 heteroatoms. The third kappa shape index (κ3) is 4.25. The third-order valence-electron chi connectivity index (χ3n) is 4.68. The molecule has 0 amide bonds. The number of para-hydroxylation sites is 1. The monoisotopic (exact) mass is 366 g/mol. The summed E-state index contributed by atoms with van der Waals surface area (Å²) in [5.41, 5.74) is 0.771. The molecule has 140 valence electrons. The standard InChI is InChI=1S/C20H22N4O3/c25-13-15-5-4-10-24(12-15)19-9-8-16(11-21-19)20-22-18(23-27-20)14-26-17-6-2-1-3-7-17/h1-3,6-9,11,15,25H,4-5,10,12-14H2. The molecule has 1 aliphatic rings. The number of pyridine rings is 1. The molecule has 0 radical (unpaired) electrons. The lowest BCUT2D eigenvalue weighted by molar-refractivity contribution is 0.208. The molecular formula is C20H22N4O3. The van der Waals surface area contributed by atoms with Gasteiger partial charge in [0.05, 0.1) is 5.56 Å². The molecule has 0 saturated carbocycles. The number of nitrogens with zero attached hydrogens (tertiary/aromatic N) is 4. The van der Waals surface area contributed by atoms with Crippen molar-refractivity contribution in [3.63, 3.8) is 0 Å². The number of hydrogen-bond donors (Lipinski definition) is 1. The molecule has 0 bridgehead atoms. The van der Waals surface area contributed by atoms with E-state index in [0.29, 0.717) is 17.6 Å². The Bertz CT molecular complexity index is 851. The van der Waals surface area contributed by atoms with E-state index in [4.69, 9.17) is 9.26 Å². The van der Waals surface area contributed by atoms with Crippen LogP contribution in [0.2, 0.25) is 0 Å². The third-order valence-corrected chi connectivity index (χ3v) is 4.68. The summed E-state index contributed by atoms with van der Waals surface area (Å²) >= 11 is 0. The number of benzene rings is 1. The van der Waals surface area contributed by atoms with Gasteiger partial charge in [-0.25, -0.2) is 4.98 Å². The Balaban J connectivity index is 1.40. The fourth-order valence-corrected chi connectivity index (χ4v) is 3.22. The highest BCUT2D eigenvalue weighted by atomic mass is 16.5. The molecule has 1 aliphatic heterocycles. The minimum Gasteiger partial charge on any atom is -0.485 e. The van der Waals surface area contributed by atoms with Crippen LogP contribution >= 0.6 is 0 Å². The van der Waals surface area contributed by atoms with Gasteiger partial charge in [-0.15, -0.1) is 0 Å². The number of aliphatic hydroxyl groups excluding tert-OH is 1. The van der Waals surface area contributed by atoms with Gasteiger partial charge in [0.15, 0.2) is 6.61 Å². The van der Waals surface area contributed by atoms with Crippen LogP contribution in [0.15, 0.2) is 53.2 Å². The van der Waals surface area contributed by atoms with Gasteiger partial charge in [0.1, 0.15) is 11.6 Å². The SMILES string of the molecule is OCC1CCCN(c2ccc(-c3nc(COc4ccccc4)no3)cn2)C1. The van der Waals surface area contributed by atoms with Crippen molar-refractivity contribution in [3.8, 4) is 17.2 Å². The predicted octanol–water partition coefficient (Wildman–Crippen LogP) is 2.92. The van der Waals surface area contributed by atoms with Crippen LogP contribution in [0.3, 0.4) is 0 Å². The summed E-state index contributed by atoms with van der Waals surface area (Å²) in [6.45, 7) is 2.27. The number of aromatic nitrogens is 3. The van der Waals surface area contributed by atoms with E-state index in [1.54, 1.807) is 6.20 Å². The molecule has 1 aromatic carbocycles. The lowest BCUT2D eigenvalue weighted by Gasteiger charge is -2.32. The highest BCUT2D eigenvalue weighted by Crippen LogP contribution is 2.24. The number of rotatable bonds is 6. The molecule has 2 aromatic heterocycles. The highest BCUT2D eigenvalue weighted by Gasteiger charge is 2.20. The number of ether oxygens (including phenoxy) is 1. The largest absolute Gasteiger partial charge is 0.485 e. The fourth-order valence-electron chi connectivity index (χ4n) is 3.22. The Hall–Kier alpha value is -2.93. The molecule has 27 heavy (non-hydrogen) atoms. The highest BCUT2D eigenvalue weighted by molar-refractivity contribution is 5.54. The van der Waals surface area contributed by atoms with Gasteiger partial charge in [0.25, 0.3) is 5.89 Å². The van der Waals surface area contributed by atoms with E-state index in [0.717, 1.165) is 43.1 Å². The quantitative estimate of drug-likeness (QED) is 0.718. The Morgan fingerprint density at radius 3 is 2.85 bits per heavy atom. The Morgan fingerprint density at radius 1 is 1.19 bits per heavy atom. The molecule has 7 nitrogen and oxygen atoms in total. The maximum absolute atomic E-state index is 9.38. The molecule has 1 atom stereocenters. The van der Waals surface area contributed by atoms with Crippen LogP contribution in [0.5, 0.6) is 5.75 Å². The second-order valence-corrected chi connectivity index (χ2v) is 6.66. The molecule has 3 heterocycles. The Morgan fingerprint density at radius 2 is 2.07 bits per heavy atom. The molecular weight excluding hydrogens is 344 g/mol. The van der Waals surface area contributed by atoms with Crippen LogP contribution in [0.1, 0.15) is 18.7 Å². The van der Waals surface area contributed by atoms with Crippen molar-refractivity contribution >= 4 is 5.82 Å². The van der Waals surface area contributed by atoms with Gasteiger partial charge in [0, 0.05) is 25.9 Å². The number of aliphatic hydroxyl groups is 1. The van der Waals surface area contributed by atoms with Gasteiger partial charge in [-0.05, 0) is 43.0 Å². The Kier molecular flexibility index (Phi) is 5.29. The normalized spacial score (nSPS) is 17.1. The summed E-state index contributed by atoms with van der Waals surface area (Å²) < 4.78 is 11.0. The zero-order chi connectivity index (χ0) is 18.5. The van der Waals surface area contributed by atoms with E-state index in [9.17, 15) is 5.11 Å². The zero-order valence-corrected chi connectivity index (χ0v) is 15.0. The summed E-state index contributed by atoms with van der Waals surface area (Å²) in [6.07, 6.45) is 3.89. The smallest absolute Gasteiger partial charge is 0.259 e. The summed E-state index contributed by atoms with van der Waals surface area (Å²) in [5.74, 6) is 2.90. The summed E-state index contributed by atoms with van der Waals surface area (Å²) in [5, 5.41) is 13.3. The first-order valence-corrected chi connectivity index (χ1v) is 9.14. The van der Waals surface area contributed by atoms with Gasteiger partial charge < -0.3 is 19.3 Å². The number of hydrogen-bond acceptors (Lipinski definition) is 7. The minimum atomic E-state index is 0.227. The van der Waals surface area contributed by atoms with Crippen molar-refractivity contribution in [3.05, 3.63) is 54.5 Å². The van der Waals surface area contributed by atoms with E-state index in [-0.39, 0.29) is 13.2 Å². The lowest BCUT2D eigenvalue weighted by atomic mass is 9.99. The molecule has 3 aromatic rings. The van der Waals surface area contributed by atoms with E-state index in [2.05, 4.69) is 20.0 Å². The van der Waals surface area contributed by atoms with Crippen LogP contribution in [0.25, 0.3) is 11.5 Å². The van der Waals surface area contributed by atoms with Crippen molar-refractivity contribution < 1.29 is 14.4 Å². The van der Waals surface area contributed by atoms with E-state index in [1.807, 2.05) is 42.5 Å². The average Bonchev–Trinajstić information content (AvgIpc) is 3.22. The number of anilines is 1. The second-order valence-electron chi connectivity index (χ2n) is 6.66. The average molecular weight is 366 g/mol. The summed E-state index contributed by atoms with van der Waals surface area (Å²) in [6, 6.07) is 13.4. The topological polar surface area (TPSA) is 84.5 Å². The molecule has 0 spiro atoms. The van der Waals surface area contributed by atoms with Crippen molar-refractivity contribution in [1.82, 2.24) is 15.1 Å². The van der Waals surface area contributed by atoms with Crippen LogP contribution in [-0.4, -0.2) is 39.9 Å². The van der Waals surface area contributed by atoms with Gasteiger partial charge in [-0.1, -0.05) is 23.4 Å². The van der Waals surface area contributed by atoms with Crippen LogP contribution in [-0.2, 0) is 6.61 Å². The van der Waals surface area contributed by atoms with Gasteiger partial charge in [-0.2, -0.15) is 4.98 Å². The fraction of sp³-hybridized carbons (Fsp3) is 0.350. The molecule has 1 fully saturated rings. The van der Waals surface area contributed by atoms with Gasteiger partial charge >= 0.3 is 0 Å². The van der Waals surface area contributed by atoms with Crippen molar-refractivity contribution in [2.75, 3.05) is 24.6 Å². The van der Waals surface area contributed by atoms with Crippen LogP contribution < -0.4 is 9.64 Å². The van der Waals surface area contributed by atoms with Crippen molar-refractivity contribution in [2.24, 2.45) is 5.92 Å². The van der Waals surface area contributed by atoms with Crippen molar-refractivity contribution in [1.29, 1.82) is 0 Å². The molecule has 1 saturated heterocycles. The maximum Gasteiger partial charge on any atom is 0.259 e. The maximum atomic E-state index is 9.38. The van der Waals surface area contributed by atoms with Crippen LogP contribution in [0.4, 0.5) is 5.82 Å². The van der Waals surface area contributed by atoms with E-state index < -0.39 is 0 Å². The zero-order valence-electron chi connectivity index (χ0n) is 15.0. The van der Waals surface area contributed by atoms with E-state index >= 15 is 0 Å². The Labute approximate surface area is 157 Å².